The van der Waals surface area contributed by atoms with Crippen molar-refractivity contribution in [3.05, 3.63) is 135 Å². The standard InChI is InChI=1S/C36H34F4O/c1-4-23-7-6-8-29(28(23)16-11-22-10-9-21(3)17-22)30-18-25(24-12-14-26(37)15-13-24)19-31(30)36(41)32-20-33(38)35(40)27(5-2)34(32)39/h6-8,10,12-15,17,19-20,30-31H,4-5,9,11,16,18H2,1-3H3. The van der Waals surface area contributed by atoms with Crippen molar-refractivity contribution in [2.75, 3.05) is 0 Å². The maximum absolute atomic E-state index is 15.4. The smallest absolute Gasteiger partial charge is 0.173 e. The van der Waals surface area contributed by atoms with Gasteiger partial charge in [-0.15, -0.1) is 0 Å². The molecule has 0 saturated heterocycles. The number of rotatable bonds is 9. The molecule has 0 amide bonds. The van der Waals surface area contributed by atoms with Crippen LogP contribution in [0.25, 0.3) is 5.57 Å². The predicted molar refractivity (Wildman–Crippen MR) is 156 cm³/mol. The Balaban J connectivity index is 1.59. The van der Waals surface area contributed by atoms with Crippen LogP contribution in [-0.4, -0.2) is 5.78 Å². The van der Waals surface area contributed by atoms with Crippen LogP contribution < -0.4 is 0 Å². The Labute approximate surface area is 239 Å². The van der Waals surface area contributed by atoms with Gasteiger partial charge in [0.2, 0.25) is 0 Å². The first kappa shape index (κ1) is 28.8. The summed E-state index contributed by atoms with van der Waals surface area (Å²) < 4.78 is 58.0. The molecule has 0 bridgehead atoms. The second-order valence-electron chi connectivity index (χ2n) is 11.1. The molecule has 2 unspecified atom stereocenters. The van der Waals surface area contributed by atoms with E-state index in [1.165, 1.54) is 41.3 Å². The van der Waals surface area contributed by atoms with Crippen LogP contribution >= 0.6 is 0 Å². The lowest BCUT2D eigenvalue weighted by atomic mass is 9.78. The summed E-state index contributed by atoms with van der Waals surface area (Å²) in [6.07, 6.45) is 10.1. The summed E-state index contributed by atoms with van der Waals surface area (Å²) in [5, 5.41) is 0. The third-order valence-electron chi connectivity index (χ3n) is 8.51. The van der Waals surface area contributed by atoms with Crippen molar-refractivity contribution in [2.45, 2.75) is 65.2 Å². The van der Waals surface area contributed by atoms with Crippen LogP contribution in [0.4, 0.5) is 17.6 Å². The van der Waals surface area contributed by atoms with Crippen LogP contribution in [-0.2, 0) is 19.3 Å². The summed E-state index contributed by atoms with van der Waals surface area (Å²) in [4.78, 5) is 14.0. The molecular weight excluding hydrogens is 524 g/mol. The molecule has 0 heterocycles. The predicted octanol–water partition coefficient (Wildman–Crippen LogP) is 9.65. The molecule has 0 aromatic heterocycles. The lowest BCUT2D eigenvalue weighted by Crippen LogP contribution is -2.21. The molecule has 0 aliphatic heterocycles. The summed E-state index contributed by atoms with van der Waals surface area (Å²) in [6.45, 7) is 5.75. The quantitative estimate of drug-likeness (QED) is 0.145. The van der Waals surface area contributed by atoms with Gasteiger partial charge in [0.05, 0.1) is 5.56 Å². The number of benzene rings is 3. The Kier molecular flexibility index (Phi) is 8.44. The molecule has 0 radical (unpaired) electrons. The summed E-state index contributed by atoms with van der Waals surface area (Å²) in [5.41, 5.74) is 6.76. The monoisotopic (exact) mass is 558 g/mol. The Morgan fingerprint density at radius 3 is 2.32 bits per heavy atom. The number of allylic oxidation sites excluding steroid dienone is 6. The van der Waals surface area contributed by atoms with E-state index in [0.29, 0.717) is 12.5 Å². The molecule has 0 saturated carbocycles. The highest BCUT2D eigenvalue weighted by Gasteiger charge is 2.38. The van der Waals surface area contributed by atoms with E-state index >= 15 is 4.39 Å². The number of carbonyl (C=O) groups is 1. The molecule has 0 fully saturated rings. The van der Waals surface area contributed by atoms with E-state index in [-0.39, 0.29) is 18.2 Å². The number of Topliss-reactive ketones (excluding diaryl/α,β-unsaturated/α-hetero) is 1. The number of carbonyl (C=O) groups excluding carboxylic acids is 1. The second kappa shape index (κ2) is 12.0. The van der Waals surface area contributed by atoms with Gasteiger partial charge in [-0.25, -0.2) is 17.6 Å². The Morgan fingerprint density at radius 1 is 0.902 bits per heavy atom. The van der Waals surface area contributed by atoms with Crippen LogP contribution in [0, 0.1) is 29.2 Å². The maximum atomic E-state index is 15.4. The van der Waals surface area contributed by atoms with E-state index in [4.69, 9.17) is 0 Å². The fourth-order valence-corrected chi connectivity index (χ4v) is 6.34. The number of ketones is 1. The van der Waals surface area contributed by atoms with Gasteiger partial charge in [0.15, 0.2) is 17.4 Å². The highest BCUT2D eigenvalue weighted by Crippen LogP contribution is 2.46. The SMILES string of the molecule is CCc1cccc(C2CC(c3ccc(F)cc3)=CC2C(=O)c2cc(F)c(F)c(CC)c2F)c1CCC1=CCC(C)=C1. The van der Waals surface area contributed by atoms with Gasteiger partial charge in [-0.1, -0.05) is 73.6 Å². The van der Waals surface area contributed by atoms with E-state index < -0.39 is 40.3 Å². The maximum Gasteiger partial charge on any atom is 0.173 e. The Bertz CT molecular complexity index is 1580. The average molecular weight is 559 g/mol. The minimum Gasteiger partial charge on any atom is -0.293 e. The summed E-state index contributed by atoms with van der Waals surface area (Å²) in [5.74, 6) is -5.56. The van der Waals surface area contributed by atoms with Gasteiger partial charge in [-0.05, 0) is 91.5 Å². The number of halogens is 4. The molecule has 3 aromatic rings. The highest BCUT2D eigenvalue weighted by atomic mass is 19.2. The van der Waals surface area contributed by atoms with Gasteiger partial charge in [0.25, 0.3) is 0 Å². The van der Waals surface area contributed by atoms with Gasteiger partial charge in [0.1, 0.15) is 11.6 Å². The average Bonchev–Trinajstić information content (AvgIpc) is 3.60. The zero-order valence-corrected chi connectivity index (χ0v) is 23.7. The first-order chi connectivity index (χ1) is 19.7. The molecule has 41 heavy (non-hydrogen) atoms. The van der Waals surface area contributed by atoms with Gasteiger partial charge >= 0.3 is 0 Å². The van der Waals surface area contributed by atoms with Crippen LogP contribution in [0.1, 0.15) is 84.1 Å². The molecule has 5 heteroatoms. The molecule has 2 aliphatic carbocycles. The minimum absolute atomic E-state index is 0.0765. The summed E-state index contributed by atoms with van der Waals surface area (Å²) in [6, 6.07) is 12.9. The zero-order chi connectivity index (χ0) is 29.3. The minimum atomic E-state index is -1.25. The molecule has 0 N–H and O–H groups in total. The van der Waals surface area contributed by atoms with E-state index in [1.54, 1.807) is 18.2 Å². The lowest BCUT2D eigenvalue weighted by Gasteiger charge is -2.24. The van der Waals surface area contributed by atoms with Crippen LogP contribution in [0.15, 0.2) is 77.9 Å². The third-order valence-corrected chi connectivity index (χ3v) is 8.51. The third kappa shape index (κ3) is 5.72. The Hall–Kier alpha value is -3.73. The molecule has 212 valence electrons. The van der Waals surface area contributed by atoms with E-state index in [9.17, 15) is 18.0 Å². The van der Waals surface area contributed by atoms with Crippen molar-refractivity contribution in [1.82, 2.24) is 0 Å². The van der Waals surface area contributed by atoms with Gasteiger partial charge in [-0.3, -0.25) is 4.79 Å². The molecule has 3 aromatic carbocycles. The summed E-state index contributed by atoms with van der Waals surface area (Å²) in [7, 11) is 0. The van der Waals surface area contributed by atoms with Gasteiger partial charge in [0, 0.05) is 17.4 Å². The van der Waals surface area contributed by atoms with Crippen molar-refractivity contribution in [2.24, 2.45) is 5.92 Å². The van der Waals surface area contributed by atoms with Crippen molar-refractivity contribution >= 4 is 11.4 Å². The first-order valence-corrected chi connectivity index (χ1v) is 14.4. The number of hydrogen-bond donors (Lipinski definition) is 0. The Morgan fingerprint density at radius 2 is 1.66 bits per heavy atom. The first-order valence-electron chi connectivity index (χ1n) is 14.4. The van der Waals surface area contributed by atoms with Gasteiger partial charge in [-0.2, -0.15) is 0 Å². The van der Waals surface area contributed by atoms with Crippen LogP contribution in [0.2, 0.25) is 0 Å². The molecule has 5 rings (SSSR count). The summed E-state index contributed by atoms with van der Waals surface area (Å²) >= 11 is 0. The van der Waals surface area contributed by atoms with Gasteiger partial charge < -0.3 is 0 Å². The fraction of sp³-hybridized carbons (Fsp3) is 0.306. The van der Waals surface area contributed by atoms with E-state index in [0.717, 1.165) is 42.4 Å². The second-order valence-corrected chi connectivity index (χ2v) is 11.1. The molecular formula is C36H34F4O. The van der Waals surface area contributed by atoms with Crippen molar-refractivity contribution < 1.29 is 22.4 Å². The molecule has 2 atom stereocenters. The van der Waals surface area contributed by atoms with Crippen molar-refractivity contribution in [3.8, 4) is 0 Å². The zero-order valence-electron chi connectivity index (χ0n) is 23.7. The number of aryl methyl sites for hydroxylation is 1. The fourth-order valence-electron chi connectivity index (χ4n) is 6.34. The van der Waals surface area contributed by atoms with Crippen LogP contribution in [0.5, 0.6) is 0 Å². The molecule has 2 aliphatic rings. The lowest BCUT2D eigenvalue weighted by molar-refractivity contribution is 0.0929. The highest BCUT2D eigenvalue weighted by molar-refractivity contribution is 6.02. The molecule has 0 spiro atoms. The van der Waals surface area contributed by atoms with Crippen LogP contribution in [0.3, 0.4) is 0 Å². The van der Waals surface area contributed by atoms with Crippen molar-refractivity contribution in [3.63, 3.8) is 0 Å². The van der Waals surface area contributed by atoms with E-state index in [2.05, 4.69) is 32.1 Å². The number of hydrogen-bond acceptors (Lipinski definition) is 1. The molecule has 1 nitrogen and oxygen atoms in total. The topological polar surface area (TPSA) is 17.1 Å². The van der Waals surface area contributed by atoms with Crippen molar-refractivity contribution in [1.29, 1.82) is 0 Å². The largest absolute Gasteiger partial charge is 0.293 e. The van der Waals surface area contributed by atoms with E-state index in [1.807, 2.05) is 12.1 Å². The normalized spacial score (nSPS) is 18.4.